The molecule has 51 heavy (non-hydrogen) atoms. The molecule has 270 valence electrons. The summed E-state index contributed by atoms with van der Waals surface area (Å²) in [5.74, 6) is 1.65. The number of aromatic nitrogens is 1. The quantitative estimate of drug-likeness (QED) is 0.254. The first kappa shape index (κ1) is 34.8. The molecule has 5 atom stereocenters. The second-order valence-electron chi connectivity index (χ2n) is 15.0. The second-order valence-corrected chi connectivity index (χ2v) is 15.0. The van der Waals surface area contributed by atoms with Crippen LogP contribution in [-0.2, 0) is 28.7 Å². The molecule has 2 aromatic carbocycles. The normalized spacial score (nSPS) is 24.1. The number of anilines is 1. The van der Waals surface area contributed by atoms with Crippen molar-refractivity contribution in [1.29, 1.82) is 0 Å². The van der Waals surface area contributed by atoms with E-state index >= 15 is 0 Å². The van der Waals surface area contributed by atoms with Crippen molar-refractivity contribution < 1.29 is 41.8 Å². The predicted octanol–water partition coefficient (Wildman–Crippen LogP) is 7.35. The first-order valence-corrected chi connectivity index (χ1v) is 17.3. The summed E-state index contributed by atoms with van der Waals surface area (Å²) in [5, 5.41) is 2.76. The number of hydrogen-bond donors (Lipinski definition) is 1. The minimum Gasteiger partial charge on any atom is -0.489 e. The third-order valence-corrected chi connectivity index (χ3v) is 9.95. The topological polar surface area (TPSA) is 110 Å². The molecule has 4 heterocycles. The predicted molar refractivity (Wildman–Crippen MR) is 181 cm³/mol. The lowest BCUT2D eigenvalue weighted by molar-refractivity contribution is -0.138. The van der Waals surface area contributed by atoms with E-state index in [1.165, 1.54) is 12.1 Å². The molecule has 3 aliphatic heterocycles. The molecule has 1 N–H and O–H groups in total. The Balaban J connectivity index is 1.01. The summed E-state index contributed by atoms with van der Waals surface area (Å²) in [6.07, 6.45) is -2.85. The molecular weight excluding hydrogens is 665 g/mol. The molecule has 2 unspecified atom stereocenters. The van der Waals surface area contributed by atoms with Crippen molar-refractivity contribution in [2.75, 3.05) is 18.4 Å². The van der Waals surface area contributed by atoms with Crippen LogP contribution in [0.5, 0.6) is 17.2 Å². The number of alkyl halides is 3. The summed E-state index contributed by atoms with van der Waals surface area (Å²) in [5.41, 5.74) is 0.311. The van der Waals surface area contributed by atoms with Gasteiger partial charge >= 0.3 is 12.3 Å². The van der Waals surface area contributed by atoms with Gasteiger partial charge in [0.1, 0.15) is 34.8 Å². The molecule has 7 rings (SSSR count). The lowest BCUT2D eigenvalue weighted by atomic mass is 9.96. The number of ether oxygens (including phenoxy) is 3. The second kappa shape index (κ2) is 12.8. The van der Waals surface area contributed by atoms with E-state index in [1.54, 1.807) is 44.0 Å². The number of nitrogens with one attached hydrogen (secondary N) is 1. The van der Waals surface area contributed by atoms with Crippen LogP contribution < -0.4 is 14.8 Å². The summed E-state index contributed by atoms with van der Waals surface area (Å²) in [6.45, 7) is 9.87. The number of amides is 2. The Morgan fingerprint density at radius 1 is 1.02 bits per heavy atom. The lowest BCUT2D eigenvalue weighted by Crippen LogP contribution is -2.59. The van der Waals surface area contributed by atoms with Crippen molar-refractivity contribution in [1.82, 2.24) is 14.8 Å². The fourth-order valence-electron chi connectivity index (χ4n) is 7.70. The number of Topliss-reactive ketones (excluding diaryl/α,β-unsaturated/α-hetero) is 1. The van der Waals surface area contributed by atoms with E-state index in [1.807, 2.05) is 30.9 Å². The highest BCUT2D eigenvalue weighted by Gasteiger charge is 2.59. The summed E-state index contributed by atoms with van der Waals surface area (Å²) < 4.78 is 61.1. The van der Waals surface area contributed by atoms with E-state index in [4.69, 9.17) is 14.2 Å². The van der Waals surface area contributed by atoms with Crippen LogP contribution in [0.2, 0.25) is 0 Å². The van der Waals surface area contributed by atoms with E-state index in [0.717, 1.165) is 17.2 Å². The molecule has 1 aliphatic carbocycles. The van der Waals surface area contributed by atoms with Gasteiger partial charge in [-0.25, -0.2) is 9.78 Å². The van der Waals surface area contributed by atoms with E-state index in [0.29, 0.717) is 49.0 Å². The number of nitrogens with zero attached hydrogens (tertiary/aromatic N) is 3. The lowest BCUT2D eigenvalue weighted by Gasteiger charge is -2.44. The van der Waals surface area contributed by atoms with E-state index in [2.05, 4.69) is 10.3 Å². The number of carbonyl (C=O) groups is 3. The molecular formula is C38H41F3N4O6. The van der Waals surface area contributed by atoms with Gasteiger partial charge in [0.25, 0.3) is 0 Å². The minimum absolute atomic E-state index is 0.0133. The van der Waals surface area contributed by atoms with Crippen molar-refractivity contribution in [3.63, 3.8) is 0 Å². The molecule has 2 amide bonds. The van der Waals surface area contributed by atoms with Crippen molar-refractivity contribution in [3.05, 3.63) is 76.5 Å². The molecule has 1 saturated heterocycles. The third-order valence-electron chi connectivity index (χ3n) is 9.95. The monoisotopic (exact) mass is 706 g/mol. The van der Waals surface area contributed by atoms with Crippen LogP contribution in [0, 0.1) is 5.92 Å². The Hall–Kier alpha value is -4.65. The Labute approximate surface area is 294 Å². The zero-order chi connectivity index (χ0) is 36.4. The number of rotatable bonds is 7. The molecule has 0 bridgehead atoms. The maximum atomic E-state index is 14.4. The molecule has 10 nitrogen and oxygen atoms in total. The molecule has 4 aliphatic rings. The number of piperazine rings is 1. The number of hydrogen-bond acceptors (Lipinski definition) is 8. The number of halogens is 3. The average molecular weight is 707 g/mol. The van der Waals surface area contributed by atoms with Crippen LogP contribution in [0.3, 0.4) is 0 Å². The highest BCUT2D eigenvalue weighted by Crippen LogP contribution is 2.60. The van der Waals surface area contributed by atoms with Crippen LogP contribution in [-0.4, -0.2) is 69.4 Å². The molecule has 3 aromatic rings. The smallest absolute Gasteiger partial charge is 0.416 e. The van der Waals surface area contributed by atoms with Gasteiger partial charge in [0.2, 0.25) is 5.91 Å². The third kappa shape index (κ3) is 7.13. The van der Waals surface area contributed by atoms with Crippen molar-refractivity contribution >= 4 is 23.6 Å². The highest BCUT2D eigenvalue weighted by molar-refractivity contribution is 5.97. The van der Waals surface area contributed by atoms with Gasteiger partial charge in [-0.15, -0.1) is 0 Å². The molecule has 2 fully saturated rings. The fraction of sp³-hybridized carbons (Fsp3) is 0.474. The summed E-state index contributed by atoms with van der Waals surface area (Å²) in [6, 6.07) is 10.6. The SMILES string of the molecule is CC1CN(Cc2ccc(C(=O)C[C@@H]3[C@H]4Oc5ccc(Oc6ccnc7c6CCC(=O)N7)cc5[C@@H]34)cc2C(F)(F)F)CC(C)N1C(=O)OC(C)(C)C. The van der Waals surface area contributed by atoms with Crippen molar-refractivity contribution in [2.24, 2.45) is 5.92 Å². The van der Waals surface area contributed by atoms with Gasteiger partial charge < -0.3 is 24.4 Å². The van der Waals surface area contributed by atoms with Crippen LogP contribution >= 0.6 is 0 Å². The van der Waals surface area contributed by atoms with Crippen LogP contribution in [0.4, 0.5) is 23.8 Å². The molecule has 0 radical (unpaired) electrons. The number of fused-ring (bicyclic) bond motifs is 4. The van der Waals surface area contributed by atoms with Crippen LogP contribution in [0.25, 0.3) is 0 Å². The number of benzene rings is 2. The molecule has 13 heteroatoms. The maximum absolute atomic E-state index is 14.4. The first-order valence-electron chi connectivity index (χ1n) is 17.3. The highest BCUT2D eigenvalue weighted by atomic mass is 19.4. The van der Waals surface area contributed by atoms with E-state index in [9.17, 15) is 27.6 Å². The Morgan fingerprint density at radius 2 is 1.76 bits per heavy atom. The van der Waals surface area contributed by atoms with Crippen LogP contribution in [0.15, 0.2) is 48.7 Å². The Morgan fingerprint density at radius 3 is 2.47 bits per heavy atom. The fourth-order valence-corrected chi connectivity index (χ4v) is 7.70. The zero-order valence-corrected chi connectivity index (χ0v) is 29.2. The average Bonchev–Trinajstić information content (AvgIpc) is 3.55. The van der Waals surface area contributed by atoms with Gasteiger partial charge in [0.15, 0.2) is 5.78 Å². The van der Waals surface area contributed by atoms with Gasteiger partial charge in [-0.2, -0.15) is 13.2 Å². The van der Waals surface area contributed by atoms with Gasteiger partial charge in [0, 0.05) is 79.3 Å². The summed E-state index contributed by atoms with van der Waals surface area (Å²) in [4.78, 5) is 45.8. The number of pyridine rings is 1. The van der Waals surface area contributed by atoms with E-state index in [-0.39, 0.29) is 65.8 Å². The number of carbonyl (C=O) groups excluding carboxylic acids is 3. The van der Waals surface area contributed by atoms with Crippen LogP contribution in [0.1, 0.15) is 86.0 Å². The Kier molecular flexibility index (Phi) is 8.76. The first-order chi connectivity index (χ1) is 24.1. The van der Waals surface area contributed by atoms with Gasteiger partial charge in [-0.3, -0.25) is 14.5 Å². The molecule has 1 aromatic heterocycles. The Bertz CT molecular complexity index is 1880. The van der Waals surface area contributed by atoms with Gasteiger partial charge in [-0.1, -0.05) is 12.1 Å². The molecule has 1 saturated carbocycles. The zero-order valence-electron chi connectivity index (χ0n) is 29.2. The van der Waals surface area contributed by atoms with E-state index < -0.39 is 23.4 Å². The van der Waals surface area contributed by atoms with Gasteiger partial charge in [0.05, 0.1) is 5.56 Å². The molecule has 0 spiro atoms. The number of ketones is 1. The van der Waals surface area contributed by atoms with Crippen molar-refractivity contribution in [3.8, 4) is 17.2 Å². The standard InChI is InChI=1S/C38H41F3N4O6/c1-20-17-44(18-21(2)45(20)36(48)51-37(3,4)5)19-23-7-6-22(14-28(23)38(39,40)41)29(46)16-27-33-26-15-24(8-10-30(26)50-34(27)33)49-31-12-13-42-35-25(31)9-11-32(47)43-35/h6-8,10,12-15,20-21,27,33-34H,9,11,16-19H2,1-5H3,(H,42,43,47)/t20?,21?,27-,33-,34+/m0/s1. The maximum Gasteiger partial charge on any atom is 0.416 e. The van der Waals surface area contributed by atoms with Gasteiger partial charge in [-0.05, 0) is 76.9 Å². The summed E-state index contributed by atoms with van der Waals surface area (Å²) >= 11 is 0. The minimum atomic E-state index is -4.66. The van der Waals surface area contributed by atoms with Crippen molar-refractivity contribution in [2.45, 2.75) is 96.3 Å². The largest absolute Gasteiger partial charge is 0.489 e. The summed E-state index contributed by atoms with van der Waals surface area (Å²) in [7, 11) is 0.